The molecule has 0 aliphatic heterocycles. The minimum absolute atomic E-state index is 0.0271. The zero-order valence-corrected chi connectivity index (χ0v) is 15.0. The van der Waals surface area contributed by atoms with Crippen molar-refractivity contribution in [2.45, 2.75) is 0 Å². The Morgan fingerprint density at radius 3 is 2.27 bits per heavy atom. The van der Waals surface area contributed by atoms with Crippen LogP contribution in [0.1, 0.15) is 0 Å². The molecule has 0 radical (unpaired) electrons. The van der Waals surface area contributed by atoms with E-state index in [1.807, 2.05) is 12.1 Å². The molecule has 0 saturated carbocycles. The molecule has 26 heavy (non-hydrogen) atoms. The second-order valence-electron chi connectivity index (χ2n) is 6.26. The van der Waals surface area contributed by atoms with Crippen LogP contribution in [0.4, 0.5) is 4.39 Å². The predicted molar refractivity (Wildman–Crippen MR) is 109 cm³/mol. The normalized spacial score (nSPS) is 11.6. The van der Waals surface area contributed by atoms with Crippen LogP contribution in [0.15, 0.2) is 66.7 Å². The van der Waals surface area contributed by atoms with Crippen molar-refractivity contribution in [2.24, 2.45) is 0 Å². The Hall–Kier alpha value is -2.62. The number of hydrogen-bond donors (Lipinski definition) is 1. The van der Waals surface area contributed by atoms with Crippen LogP contribution < -0.4 is 0 Å². The van der Waals surface area contributed by atoms with E-state index in [9.17, 15) is 9.50 Å². The predicted octanol–water partition coefficient (Wildman–Crippen LogP) is 7.37. The van der Waals surface area contributed by atoms with E-state index in [4.69, 9.17) is 11.6 Å². The first-order valence-electron chi connectivity index (χ1n) is 8.14. The van der Waals surface area contributed by atoms with E-state index in [1.165, 1.54) is 12.1 Å². The standard InChI is InChI=1S/C22H12ClFOS/c23-17-6-3-7-19(25)22(17)16-10-15-14-8-12-4-1-2-5-13(12)9-20(14)26-21(15)11-18(16)24/h1-11,25H. The lowest BCUT2D eigenvalue weighted by Gasteiger charge is -2.09. The maximum absolute atomic E-state index is 14.8. The van der Waals surface area contributed by atoms with Crippen LogP contribution in [0.25, 0.3) is 42.1 Å². The quantitative estimate of drug-likeness (QED) is 0.322. The number of hydrogen-bond acceptors (Lipinski definition) is 2. The summed E-state index contributed by atoms with van der Waals surface area (Å²) < 4.78 is 16.8. The monoisotopic (exact) mass is 378 g/mol. The van der Waals surface area contributed by atoms with Crippen LogP contribution in [0.2, 0.25) is 5.02 Å². The third-order valence-electron chi connectivity index (χ3n) is 4.69. The van der Waals surface area contributed by atoms with Gasteiger partial charge in [-0.1, -0.05) is 41.9 Å². The van der Waals surface area contributed by atoms with E-state index < -0.39 is 5.82 Å². The number of rotatable bonds is 1. The molecule has 0 spiro atoms. The van der Waals surface area contributed by atoms with Gasteiger partial charge in [0.2, 0.25) is 0 Å². The van der Waals surface area contributed by atoms with Crippen LogP contribution in [-0.2, 0) is 0 Å². The molecular weight excluding hydrogens is 367 g/mol. The Kier molecular flexibility index (Phi) is 3.42. The second-order valence-corrected chi connectivity index (χ2v) is 7.75. The first kappa shape index (κ1) is 15.6. The molecule has 0 fully saturated rings. The molecule has 4 heteroatoms. The van der Waals surface area contributed by atoms with Gasteiger partial charge in [0.25, 0.3) is 0 Å². The molecule has 1 heterocycles. The van der Waals surface area contributed by atoms with Gasteiger partial charge >= 0.3 is 0 Å². The maximum Gasteiger partial charge on any atom is 0.132 e. The molecule has 0 aliphatic carbocycles. The van der Waals surface area contributed by atoms with Crippen molar-refractivity contribution in [1.82, 2.24) is 0 Å². The summed E-state index contributed by atoms with van der Waals surface area (Å²) in [7, 11) is 0. The van der Waals surface area contributed by atoms with Crippen molar-refractivity contribution in [1.29, 1.82) is 0 Å². The highest BCUT2D eigenvalue weighted by molar-refractivity contribution is 7.25. The Balaban J connectivity index is 1.88. The lowest BCUT2D eigenvalue weighted by atomic mass is 10.00. The Labute approximate surface area is 157 Å². The van der Waals surface area contributed by atoms with Crippen molar-refractivity contribution >= 4 is 53.9 Å². The third kappa shape index (κ3) is 2.28. The SMILES string of the molecule is Oc1cccc(Cl)c1-c1cc2c(cc1F)sc1cc3ccccc3cc12. The van der Waals surface area contributed by atoms with E-state index >= 15 is 0 Å². The van der Waals surface area contributed by atoms with Crippen molar-refractivity contribution in [2.75, 3.05) is 0 Å². The van der Waals surface area contributed by atoms with Crippen molar-refractivity contribution in [3.05, 3.63) is 77.6 Å². The highest BCUT2D eigenvalue weighted by Crippen LogP contribution is 2.43. The van der Waals surface area contributed by atoms with Gasteiger partial charge in [-0.15, -0.1) is 11.3 Å². The number of halogens is 2. The van der Waals surface area contributed by atoms with Crippen LogP contribution in [0.5, 0.6) is 5.75 Å². The molecule has 5 rings (SSSR count). The summed E-state index contributed by atoms with van der Waals surface area (Å²) in [5, 5.41) is 14.9. The van der Waals surface area contributed by atoms with E-state index in [2.05, 4.69) is 24.3 Å². The van der Waals surface area contributed by atoms with Gasteiger partial charge in [-0.2, -0.15) is 0 Å². The molecule has 0 bridgehead atoms. The summed E-state index contributed by atoms with van der Waals surface area (Å²) in [6.45, 7) is 0. The molecule has 1 aromatic heterocycles. The lowest BCUT2D eigenvalue weighted by molar-refractivity contribution is 0.477. The number of thiophene rings is 1. The Morgan fingerprint density at radius 1 is 0.808 bits per heavy atom. The van der Waals surface area contributed by atoms with Gasteiger partial charge in [0.05, 0.1) is 5.02 Å². The van der Waals surface area contributed by atoms with Gasteiger partial charge in [0.1, 0.15) is 11.6 Å². The van der Waals surface area contributed by atoms with Gasteiger partial charge in [-0.05, 0) is 47.2 Å². The number of fused-ring (bicyclic) bond motifs is 4. The molecule has 0 unspecified atom stereocenters. The van der Waals surface area contributed by atoms with Crippen LogP contribution in [0.3, 0.4) is 0 Å². The second kappa shape index (κ2) is 5.70. The summed E-state index contributed by atoms with van der Waals surface area (Å²) in [5.41, 5.74) is 0.641. The van der Waals surface area contributed by atoms with Crippen LogP contribution in [0, 0.1) is 5.82 Å². The van der Waals surface area contributed by atoms with Crippen molar-refractivity contribution < 1.29 is 9.50 Å². The molecule has 1 N–H and O–H groups in total. The zero-order valence-electron chi connectivity index (χ0n) is 13.5. The van der Waals surface area contributed by atoms with Crippen molar-refractivity contribution in [3.8, 4) is 16.9 Å². The maximum atomic E-state index is 14.8. The van der Waals surface area contributed by atoms with E-state index in [1.54, 1.807) is 29.5 Å². The van der Waals surface area contributed by atoms with Gasteiger partial charge in [-0.25, -0.2) is 4.39 Å². The van der Waals surface area contributed by atoms with E-state index in [-0.39, 0.29) is 5.75 Å². The first-order valence-corrected chi connectivity index (χ1v) is 9.34. The third-order valence-corrected chi connectivity index (χ3v) is 6.12. The topological polar surface area (TPSA) is 20.2 Å². The number of aromatic hydroxyl groups is 1. The van der Waals surface area contributed by atoms with Gasteiger partial charge in [0.15, 0.2) is 0 Å². The van der Waals surface area contributed by atoms with Gasteiger partial charge in [-0.3, -0.25) is 0 Å². The first-order chi connectivity index (χ1) is 12.6. The summed E-state index contributed by atoms with van der Waals surface area (Å²) in [4.78, 5) is 0. The summed E-state index contributed by atoms with van der Waals surface area (Å²) >= 11 is 7.80. The van der Waals surface area contributed by atoms with Crippen molar-refractivity contribution in [3.63, 3.8) is 0 Å². The van der Waals surface area contributed by atoms with E-state index in [0.29, 0.717) is 16.1 Å². The minimum atomic E-state index is -0.392. The smallest absolute Gasteiger partial charge is 0.132 e. The molecular formula is C22H12ClFOS. The summed E-state index contributed by atoms with van der Waals surface area (Å²) in [6.07, 6.45) is 0. The Morgan fingerprint density at radius 2 is 1.50 bits per heavy atom. The van der Waals surface area contributed by atoms with Crippen LogP contribution >= 0.6 is 22.9 Å². The molecule has 4 aromatic carbocycles. The molecule has 1 nitrogen and oxygen atoms in total. The fourth-order valence-corrected chi connectivity index (χ4v) is 4.87. The Bertz CT molecular complexity index is 1300. The highest BCUT2D eigenvalue weighted by Gasteiger charge is 2.17. The molecule has 0 atom stereocenters. The largest absolute Gasteiger partial charge is 0.507 e. The summed E-state index contributed by atoms with van der Waals surface area (Å²) in [5.74, 6) is -0.419. The zero-order chi connectivity index (χ0) is 17.8. The molecule has 0 amide bonds. The molecule has 0 aliphatic rings. The fourth-order valence-electron chi connectivity index (χ4n) is 3.45. The summed E-state index contributed by atoms with van der Waals surface area (Å²) in [6, 6.07) is 20.6. The molecule has 0 saturated heterocycles. The average Bonchev–Trinajstić information content (AvgIpc) is 2.96. The number of benzene rings is 4. The molecule has 126 valence electrons. The average molecular weight is 379 g/mol. The van der Waals surface area contributed by atoms with Crippen LogP contribution in [-0.4, -0.2) is 5.11 Å². The van der Waals surface area contributed by atoms with E-state index in [0.717, 1.165) is 30.9 Å². The fraction of sp³-hybridized carbons (Fsp3) is 0. The number of phenolic OH excluding ortho intramolecular Hbond substituents is 1. The number of phenols is 1. The molecule has 5 aromatic rings. The van der Waals surface area contributed by atoms with Gasteiger partial charge in [0, 0.05) is 31.3 Å². The highest BCUT2D eigenvalue weighted by atomic mass is 35.5. The minimum Gasteiger partial charge on any atom is -0.507 e. The van der Waals surface area contributed by atoms with Gasteiger partial charge < -0.3 is 5.11 Å². The lowest BCUT2D eigenvalue weighted by Crippen LogP contribution is -1.86.